The molecule has 0 spiro atoms. The fourth-order valence-electron chi connectivity index (χ4n) is 2.33. The maximum Gasteiger partial charge on any atom is 0.266 e. The predicted octanol–water partition coefficient (Wildman–Crippen LogP) is 0.690. The molecular weight excluding hydrogens is 256 g/mol. The van der Waals surface area contributed by atoms with Crippen molar-refractivity contribution >= 4 is 11.8 Å². The van der Waals surface area contributed by atoms with Gasteiger partial charge in [0.15, 0.2) is 0 Å². The number of nitrogens with one attached hydrogen (secondary N) is 1. The van der Waals surface area contributed by atoms with E-state index in [-0.39, 0.29) is 11.8 Å². The number of likely N-dealkylation sites (tertiary alicyclic amines) is 1. The number of aromatic nitrogens is 1. The van der Waals surface area contributed by atoms with Crippen LogP contribution in [0.3, 0.4) is 0 Å². The molecule has 6 nitrogen and oxygen atoms in total. The van der Waals surface area contributed by atoms with Crippen molar-refractivity contribution in [2.45, 2.75) is 26.8 Å². The van der Waals surface area contributed by atoms with E-state index in [0.717, 1.165) is 12.2 Å². The van der Waals surface area contributed by atoms with Gasteiger partial charge in [-0.15, -0.1) is 0 Å². The van der Waals surface area contributed by atoms with Crippen molar-refractivity contribution in [3.8, 4) is 0 Å². The Morgan fingerprint density at radius 3 is 2.80 bits per heavy atom. The van der Waals surface area contributed by atoms with Gasteiger partial charge in [-0.3, -0.25) is 20.0 Å². The first-order valence-corrected chi connectivity index (χ1v) is 6.75. The lowest BCUT2D eigenvalue weighted by molar-refractivity contribution is -0.128. The van der Waals surface area contributed by atoms with E-state index in [1.807, 2.05) is 4.90 Å². The van der Waals surface area contributed by atoms with Gasteiger partial charge < -0.3 is 4.90 Å². The van der Waals surface area contributed by atoms with Crippen LogP contribution in [0.2, 0.25) is 0 Å². The highest BCUT2D eigenvalue weighted by Gasteiger charge is 2.31. The number of amides is 2. The molecule has 2 amide bonds. The van der Waals surface area contributed by atoms with E-state index in [2.05, 4.69) is 24.3 Å². The first-order chi connectivity index (χ1) is 9.51. The summed E-state index contributed by atoms with van der Waals surface area (Å²) in [6, 6.07) is 3.41. The monoisotopic (exact) mass is 276 g/mol. The lowest BCUT2D eigenvalue weighted by atomic mass is 9.95. The van der Waals surface area contributed by atoms with Crippen molar-refractivity contribution < 1.29 is 9.59 Å². The molecule has 0 saturated carbocycles. The van der Waals surface area contributed by atoms with Gasteiger partial charge in [0.1, 0.15) is 0 Å². The summed E-state index contributed by atoms with van der Waals surface area (Å²) in [7, 11) is 0. The molecule has 3 N–H and O–H groups in total. The summed E-state index contributed by atoms with van der Waals surface area (Å²) in [5.41, 5.74) is 3.24. The molecule has 0 bridgehead atoms. The van der Waals surface area contributed by atoms with Crippen LogP contribution in [0.4, 0.5) is 0 Å². The predicted molar refractivity (Wildman–Crippen MR) is 74.3 cm³/mol. The van der Waals surface area contributed by atoms with E-state index in [1.165, 1.54) is 6.20 Å². The molecule has 1 aromatic rings. The summed E-state index contributed by atoms with van der Waals surface area (Å²) in [5, 5.41) is 0. The number of nitrogen functional groups attached to an aromatic ring is 1. The minimum atomic E-state index is -0.374. The normalized spacial score (nSPS) is 18.7. The van der Waals surface area contributed by atoms with Crippen molar-refractivity contribution in [1.29, 1.82) is 0 Å². The molecule has 1 fully saturated rings. The van der Waals surface area contributed by atoms with Crippen molar-refractivity contribution in [3.05, 3.63) is 29.6 Å². The zero-order chi connectivity index (χ0) is 14.7. The largest absolute Gasteiger partial charge is 0.336 e. The highest BCUT2D eigenvalue weighted by molar-refractivity contribution is 5.93. The second-order valence-electron chi connectivity index (χ2n) is 5.49. The number of nitrogens with zero attached hydrogens (tertiary/aromatic N) is 2. The van der Waals surface area contributed by atoms with Gasteiger partial charge in [0.25, 0.3) is 5.91 Å². The second-order valence-corrected chi connectivity index (χ2v) is 5.49. The van der Waals surface area contributed by atoms with Crippen LogP contribution in [0.1, 0.15) is 36.3 Å². The van der Waals surface area contributed by atoms with Crippen molar-refractivity contribution in [1.82, 2.24) is 15.3 Å². The Morgan fingerprint density at radius 2 is 2.30 bits per heavy atom. The van der Waals surface area contributed by atoms with Gasteiger partial charge in [-0.2, -0.15) is 0 Å². The van der Waals surface area contributed by atoms with E-state index < -0.39 is 0 Å². The van der Waals surface area contributed by atoms with Crippen LogP contribution < -0.4 is 11.3 Å². The zero-order valence-electron chi connectivity index (χ0n) is 11.8. The number of hydrazine groups is 1. The fraction of sp³-hybridized carbons (Fsp3) is 0.500. The Hall–Kier alpha value is -1.95. The van der Waals surface area contributed by atoms with E-state index in [0.29, 0.717) is 30.4 Å². The van der Waals surface area contributed by atoms with Crippen LogP contribution in [0.15, 0.2) is 18.3 Å². The molecule has 2 rings (SSSR count). The van der Waals surface area contributed by atoms with Crippen LogP contribution in [0.5, 0.6) is 0 Å². The smallest absolute Gasteiger partial charge is 0.266 e. The molecule has 1 aliphatic rings. The Labute approximate surface area is 118 Å². The van der Waals surface area contributed by atoms with Gasteiger partial charge in [-0.25, -0.2) is 5.84 Å². The number of carbonyl (C=O) groups is 2. The van der Waals surface area contributed by atoms with Crippen LogP contribution in [0, 0.1) is 11.8 Å². The van der Waals surface area contributed by atoms with Gasteiger partial charge in [-0.05, 0) is 24.0 Å². The van der Waals surface area contributed by atoms with Crippen LogP contribution in [0.25, 0.3) is 0 Å². The molecule has 1 atom stereocenters. The SMILES string of the molecule is CC(C)C1CC(=O)N(Cc2ccc(C(=O)NN)cn2)C1. The Kier molecular flexibility index (Phi) is 4.34. The van der Waals surface area contributed by atoms with Gasteiger partial charge in [-0.1, -0.05) is 13.8 Å². The average Bonchev–Trinajstić information content (AvgIpc) is 2.80. The number of hydrogen-bond donors (Lipinski definition) is 2. The molecule has 2 heterocycles. The maximum absolute atomic E-state index is 11.9. The zero-order valence-corrected chi connectivity index (χ0v) is 11.8. The second kappa shape index (κ2) is 6.00. The van der Waals surface area contributed by atoms with Crippen molar-refractivity contribution in [2.75, 3.05) is 6.54 Å². The van der Waals surface area contributed by atoms with Crippen LogP contribution >= 0.6 is 0 Å². The fourth-order valence-corrected chi connectivity index (χ4v) is 2.33. The van der Waals surface area contributed by atoms with Crippen molar-refractivity contribution in [3.63, 3.8) is 0 Å². The van der Waals surface area contributed by atoms with Gasteiger partial charge in [0.05, 0.1) is 17.8 Å². The number of rotatable bonds is 4. The Bertz CT molecular complexity index is 498. The van der Waals surface area contributed by atoms with Gasteiger partial charge in [0, 0.05) is 19.2 Å². The third kappa shape index (κ3) is 3.14. The first-order valence-electron chi connectivity index (χ1n) is 6.75. The van der Waals surface area contributed by atoms with Gasteiger partial charge >= 0.3 is 0 Å². The standard InChI is InChI=1S/C14H20N4O2/c1-9(2)11-5-13(19)18(7-11)8-12-4-3-10(6-16-12)14(20)17-15/h3-4,6,9,11H,5,7-8,15H2,1-2H3,(H,17,20). The molecule has 0 aliphatic carbocycles. The number of pyridine rings is 1. The number of nitrogens with two attached hydrogens (primary N) is 1. The summed E-state index contributed by atoms with van der Waals surface area (Å²) in [6.45, 7) is 5.55. The van der Waals surface area contributed by atoms with E-state index in [9.17, 15) is 9.59 Å². The summed E-state index contributed by atoms with van der Waals surface area (Å²) in [5.74, 6) is 5.79. The molecule has 6 heteroatoms. The summed E-state index contributed by atoms with van der Waals surface area (Å²) in [6.07, 6.45) is 2.09. The van der Waals surface area contributed by atoms with Crippen LogP contribution in [-0.4, -0.2) is 28.2 Å². The quantitative estimate of drug-likeness (QED) is 0.481. The molecule has 0 radical (unpaired) electrons. The molecule has 1 unspecified atom stereocenters. The maximum atomic E-state index is 11.9. The topological polar surface area (TPSA) is 88.3 Å². The highest BCUT2D eigenvalue weighted by Crippen LogP contribution is 2.25. The van der Waals surface area contributed by atoms with Crippen LogP contribution in [-0.2, 0) is 11.3 Å². The summed E-state index contributed by atoms with van der Waals surface area (Å²) >= 11 is 0. The third-order valence-electron chi connectivity index (χ3n) is 3.76. The van der Waals surface area contributed by atoms with Crippen molar-refractivity contribution in [2.24, 2.45) is 17.7 Å². The lowest BCUT2D eigenvalue weighted by Crippen LogP contribution is -2.30. The highest BCUT2D eigenvalue weighted by atomic mass is 16.2. The molecule has 108 valence electrons. The average molecular weight is 276 g/mol. The number of carbonyl (C=O) groups excluding carboxylic acids is 2. The molecule has 0 aromatic carbocycles. The molecule has 20 heavy (non-hydrogen) atoms. The van der Waals surface area contributed by atoms with E-state index >= 15 is 0 Å². The molecule has 1 aromatic heterocycles. The molecule has 1 aliphatic heterocycles. The minimum absolute atomic E-state index is 0.175. The number of hydrogen-bond acceptors (Lipinski definition) is 4. The van der Waals surface area contributed by atoms with Gasteiger partial charge in [0.2, 0.25) is 5.91 Å². The Balaban J connectivity index is 2.00. The lowest BCUT2D eigenvalue weighted by Gasteiger charge is -2.17. The van der Waals surface area contributed by atoms with E-state index in [4.69, 9.17) is 5.84 Å². The van der Waals surface area contributed by atoms with E-state index in [1.54, 1.807) is 12.1 Å². The third-order valence-corrected chi connectivity index (χ3v) is 3.76. The first kappa shape index (κ1) is 14.5. The summed E-state index contributed by atoms with van der Waals surface area (Å²) < 4.78 is 0. The summed E-state index contributed by atoms with van der Waals surface area (Å²) in [4.78, 5) is 29.3. The molecular formula is C14H20N4O2. The minimum Gasteiger partial charge on any atom is -0.336 e. The Morgan fingerprint density at radius 1 is 1.55 bits per heavy atom. The molecule has 1 saturated heterocycles.